The van der Waals surface area contributed by atoms with Gasteiger partial charge in [-0.2, -0.15) is 0 Å². The second-order valence-electron chi connectivity index (χ2n) is 5.85. The van der Waals surface area contributed by atoms with Gasteiger partial charge in [-0.15, -0.1) is 11.3 Å². The summed E-state index contributed by atoms with van der Waals surface area (Å²) in [6, 6.07) is 9.92. The Balaban J connectivity index is 1.71. The lowest BCUT2D eigenvalue weighted by molar-refractivity contribution is 0.103. The number of aromatic nitrogens is 4. The summed E-state index contributed by atoms with van der Waals surface area (Å²) < 4.78 is 1.95. The van der Waals surface area contributed by atoms with Crippen LogP contribution in [0.15, 0.2) is 48.9 Å². The van der Waals surface area contributed by atoms with Crippen molar-refractivity contribution >= 4 is 33.7 Å². The number of amides is 1. The molecular formula is C19H17N5OS2. The summed E-state index contributed by atoms with van der Waals surface area (Å²) in [5.41, 5.74) is 1.79. The fourth-order valence-electron chi connectivity index (χ4n) is 2.64. The van der Waals surface area contributed by atoms with Crippen molar-refractivity contribution in [3.05, 3.63) is 58.8 Å². The lowest BCUT2D eigenvalue weighted by atomic mass is 10.1. The molecule has 0 unspecified atom stereocenters. The van der Waals surface area contributed by atoms with Gasteiger partial charge in [0.05, 0.1) is 21.8 Å². The number of carbonyl (C=O) groups excluding carboxylic acids is 1. The second kappa shape index (κ2) is 7.42. The number of thiazole rings is 2. The van der Waals surface area contributed by atoms with Crippen LogP contribution in [0.25, 0.3) is 22.0 Å². The van der Waals surface area contributed by atoms with Crippen molar-refractivity contribution < 1.29 is 4.79 Å². The summed E-state index contributed by atoms with van der Waals surface area (Å²) in [7, 11) is 1.94. The van der Waals surface area contributed by atoms with Gasteiger partial charge < -0.3 is 4.57 Å². The molecule has 0 radical (unpaired) electrons. The number of nitrogens with zero attached hydrogens (tertiary/aromatic N) is 4. The zero-order valence-corrected chi connectivity index (χ0v) is 16.5. The van der Waals surface area contributed by atoms with Gasteiger partial charge in [-0.25, -0.2) is 15.0 Å². The molecule has 1 aromatic carbocycles. The lowest BCUT2D eigenvalue weighted by Crippen LogP contribution is -2.09. The van der Waals surface area contributed by atoms with Crippen LogP contribution in [0.3, 0.4) is 0 Å². The summed E-state index contributed by atoms with van der Waals surface area (Å²) in [4.78, 5) is 27.4. The van der Waals surface area contributed by atoms with Crippen molar-refractivity contribution in [2.75, 3.05) is 5.32 Å². The van der Waals surface area contributed by atoms with E-state index < -0.39 is 0 Å². The maximum atomic E-state index is 12.6. The van der Waals surface area contributed by atoms with Crippen molar-refractivity contribution in [2.45, 2.75) is 13.3 Å². The van der Waals surface area contributed by atoms with E-state index in [0.717, 1.165) is 33.4 Å². The zero-order valence-electron chi connectivity index (χ0n) is 14.8. The van der Waals surface area contributed by atoms with Crippen LogP contribution in [0.5, 0.6) is 0 Å². The van der Waals surface area contributed by atoms with Gasteiger partial charge in [0, 0.05) is 25.0 Å². The number of imidazole rings is 1. The molecular weight excluding hydrogens is 378 g/mol. The number of benzene rings is 1. The summed E-state index contributed by atoms with van der Waals surface area (Å²) >= 11 is 2.82. The van der Waals surface area contributed by atoms with Crippen molar-refractivity contribution in [3.8, 4) is 22.0 Å². The van der Waals surface area contributed by atoms with E-state index in [-0.39, 0.29) is 5.91 Å². The molecule has 0 aliphatic carbocycles. The molecule has 1 amide bonds. The molecule has 0 bridgehead atoms. The van der Waals surface area contributed by atoms with Gasteiger partial charge in [0.2, 0.25) is 0 Å². The van der Waals surface area contributed by atoms with E-state index in [1.165, 1.54) is 22.7 Å². The van der Waals surface area contributed by atoms with Gasteiger partial charge >= 0.3 is 0 Å². The second-order valence-corrected chi connectivity index (χ2v) is 7.96. The van der Waals surface area contributed by atoms with Gasteiger partial charge in [-0.1, -0.05) is 48.6 Å². The molecule has 3 aromatic heterocycles. The van der Waals surface area contributed by atoms with Crippen LogP contribution in [-0.2, 0) is 13.5 Å². The van der Waals surface area contributed by atoms with E-state index in [2.05, 4.69) is 20.3 Å². The molecule has 3 heterocycles. The number of aryl methyl sites for hydroxylation is 2. The van der Waals surface area contributed by atoms with Crippen LogP contribution >= 0.6 is 22.7 Å². The van der Waals surface area contributed by atoms with E-state index in [0.29, 0.717) is 10.0 Å². The van der Waals surface area contributed by atoms with Crippen LogP contribution in [0.4, 0.5) is 5.13 Å². The highest BCUT2D eigenvalue weighted by molar-refractivity contribution is 7.19. The topological polar surface area (TPSA) is 72.7 Å². The normalized spacial score (nSPS) is 10.9. The monoisotopic (exact) mass is 395 g/mol. The highest BCUT2D eigenvalue weighted by atomic mass is 32.1. The Morgan fingerprint density at radius 1 is 1.19 bits per heavy atom. The third-order valence-corrected chi connectivity index (χ3v) is 6.11. The molecule has 0 saturated carbocycles. The predicted molar refractivity (Wildman–Crippen MR) is 109 cm³/mol. The number of carbonyl (C=O) groups is 1. The first-order valence-electron chi connectivity index (χ1n) is 8.45. The molecule has 0 fully saturated rings. The van der Waals surface area contributed by atoms with Gasteiger partial charge in [0.15, 0.2) is 11.0 Å². The van der Waals surface area contributed by atoms with Crippen molar-refractivity contribution in [3.63, 3.8) is 0 Å². The van der Waals surface area contributed by atoms with Crippen LogP contribution in [0, 0.1) is 0 Å². The maximum absolute atomic E-state index is 12.6. The smallest absolute Gasteiger partial charge is 0.269 e. The van der Waals surface area contributed by atoms with E-state index in [1.54, 1.807) is 12.4 Å². The number of hydrogen-bond donors (Lipinski definition) is 1. The summed E-state index contributed by atoms with van der Waals surface area (Å²) in [6.45, 7) is 2.02. The van der Waals surface area contributed by atoms with E-state index >= 15 is 0 Å². The van der Waals surface area contributed by atoms with Gasteiger partial charge in [0.25, 0.3) is 5.91 Å². The molecule has 0 atom stereocenters. The van der Waals surface area contributed by atoms with Crippen LogP contribution in [-0.4, -0.2) is 25.4 Å². The maximum Gasteiger partial charge on any atom is 0.269 e. The molecule has 8 heteroatoms. The molecule has 27 heavy (non-hydrogen) atoms. The summed E-state index contributed by atoms with van der Waals surface area (Å²) in [5.74, 6) is 0.630. The van der Waals surface area contributed by atoms with Crippen molar-refractivity contribution in [1.82, 2.24) is 19.5 Å². The quantitative estimate of drug-likeness (QED) is 0.541. The Hall–Kier alpha value is -2.84. The lowest BCUT2D eigenvalue weighted by Gasteiger charge is -2.02. The minimum absolute atomic E-state index is 0.188. The zero-order chi connectivity index (χ0) is 18.8. The Morgan fingerprint density at radius 2 is 2.00 bits per heavy atom. The highest BCUT2D eigenvalue weighted by Gasteiger charge is 2.20. The van der Waals surface area contributed by atoms with Gasteiger partial charge in [0.1, 0.15) is 4.88 Å². The van der Waals surface area contributed by atoms with Crippen LogP contribution in [0.1, 0.15) is 21.6 Å². The van der Waals surface area contributed by atoms with Crippen LogP contribution in [0.2, 0.25) is 0 Å². The summed E-state index contributed by atoms with van der Waals surface area (Å²) in [6.07, 6.45) is 6.08. The Kier molecular flexibility index (Phi) is 4.83. The number of anilines is 1. The highest BCUT2D eigenvalue weighted by Crippen LogP contribution is 2.38. The number of hydrogen-bond acceptors (Lipinski definition) is 6. The standard InChI is InChI=1S/C19H17N5OS2/c1-3-14-21-11-13(26-14)18(25)23-19-22-15(12-7-5-4-6-8-12)16(27-19)17-20-9-10-24(17)2/h4-11H,3H2,1-2H3,(H,22,23,25). The molecule has 6 nitrogen and oxygen atoms in total. The fraction of sp³-hybridized carbons (Fsp3) is 0.158. The SMILES string of the molecule is CCc1ncc(C(=O)Nc2nc(-c3ccccc3)c(-c3nccn3C)s2)s1. The molecule has 1 N–H and O–H groups in total. The minimum Gasteiger partial charge on any atom is -0.333 e. The third-order valence-electron chi connectivity index (χ3n) is 4.00. The molecule has 0 saturated heterocycles. The number of rotatable bonds is 5. The molecule has 0 spiro atoms. The molecule has 136 valence electrons. The Morgan fingerprint density at radius 3 is 2.67 bits per heavy atom. The van der Waals surface area contributed by atoms with E-state index in [4.69, 9.17) is 0 Å². The minimum atomic E-state index is -0.188. The Labute approximate surface area is 164 Å². The molecule has 4 aromatic rings. The summed E-state index contributed by atoms with van der Waals surface area (Å²) in [5, 5.41) is 4.40. The first kappa shape index (κ1) is 17.6. The van der Waals surface area contributed by atoms with E-state index in [9.17, 15) is 4.79 Å². The van der Waals surface area contributed by atoms with E-state index in [1.807, 2.05) is 55.1 Å². The third kappa shape index (κ3) is 3.54. The molecule has 4 rings (SSSR count). The average Bonchev–Trinajstić information content (AvgIpc) is 3.41. The first-order chi connectivity index (χ1) is 13.2. The van der Waals surface area contributed by atoms with Crippen LogP contribution < -0.4 is 5.32 Å². The molecule has 0 aliphatic rings. The first-order valence-corrected chi connectivity index (χ1v) is 10.1. The van der Waals surface area contributed by atoms with Crippen molar-refractivity contribution in [2.24, 2.45) is 7.05 Å². The fourth-order valence-corrected chi connectivity index (χ4v) is 4.41. The van der Waals surface area contributed by atoms with Crippen molar-refractivity contribution in [1.29, 1.82) is 0 Å². The number of nitrogens with one attached hydrogen (secondary N) is 1. The Bertz CT molecular complexity index is 1080. The van der Waals surface area contributed by atoms with Gasteiger partial charge in [-0.05, 0) is 6.42 Å². The van der Waals surface area contributed by atoms with Gasteiger partial charge in [-0.3, -0.25) is 10.1 Å². The molecule has 0 aliphatic heterocycles. The average molecular weight is 396 g/mol. The predicted octanol–water partition coefficient (Wildman–Crippen LogP) is 4.48. The largest absolute Gasteiger partial charge is 0.333 e.